The normalized spacial score (nSPS) is 10.5. The Morgan fingerprint density at radius 2 is 1.48 bits per heavy atom. The van der Waals surface area contributed by atoms with Crippen LogP contribution in [0.5, 0.6) is 11.6 Å². The minimum absolute atomic E-state index is 0.0177. The van der Waals surface area contributed by atoms with Crippen molar-refractivity contribution in [2.75, 3.05) is 6.61 Å². The minimum Gasteiger partial charge on any atom is -0.495 e. The predicted molar refractivity (Wildman–Crippen MR) is 135 cm³/mol. The van der Waals surface area contributed by atoms with E-state index in [1.54, 1.807) is 6.07 Å². The Balaban J connectivity index is 0.000000252. The van der Waals surface area contributed by atoms with Gasteiger partial charge in [0.2, 0.25) is 0 Å². The van der Waals surface area contributed by atoms with Crippen LogP contribution in [0.2, 0.25) is 0 Å². The molecule has 0 aliphatic carbocycles. The number of hydrogen-bond donors (Lipinski definition) is 2. The monoisotopic (exact) mass is 443 g/mol. The fraction of sp³-hybridized carbons (Fsp3) is 0.276. The third-order valence-electron chi connectivity index (χ3n) is 5.44. The van der Waals surface area contributed by atoms with Crippen molar-refractivity contribution < 1.29 is 14.6 Å². The molecule has 1 heterocycles. The summed E-state index contributed by atoms with van der Waals surface area (Å²) in [5.74, 6) is 0.931. The Kier molecular flexibility index (Phi) is 9.59. The Morgan fingerprint density at radius 1 is 0.818 bits per heavy atom. The number of carbonyl (C=O) groups is 1. The molecule has 4 heteroatoms. The van der Waals surface area contributed by atoms with E-state index in [4.69, 9.17) is 9.84 Å². The number of rotatable bonds is 10. The number of aromatic amines is 1. The first-order chi connectivity index (χ1) is 16.2. The van der Waals surface area contributed by atoms with Gasteiger partial charge in [-0.1, -0.05) is 99.7 Å². The summed E-state index contributed by atoms with van der Waals surface area (Å²) in [6.07, 6.45) is 7.38. The number of aromatic nitrogens is 1. The summed E-state index contributed by atoms with van der Waals surface area (Å²) in [7, 11) is 0. The summed E-state index contributed by atoms with van der Waals surface area (Å²) < 4.78 is 5.87. The van der Waals surface area contributed by atoms with Crippen LogP contribution in [-0.2, 0) is 0 Å². The number of hydrogen-bond acceptors (Lipinski definition) is 3. The largest absolute Gasteiger partial charge is 0.495 e. The maximum absolute atomic E-state index is 12.6. The molecule has 4 nitrogen and oxygen atoms in total. The lowest BCUT2D eigenvalue weighted by atomic mass is 10.0. The van der Waals surface area contributed by atoms with Crippen LogP contribution in [0, 0.1) is 0 Å². The molecule has 0 saturated heterocycles. The van der Waals surface area contributed by atoms with Gasteiger partial charge in [-0.25, -0.2) is 0 Å². The Morgan fingerprint density at radius 3 is 2.27 bits per heavy atom. The number of H-pyrrole nitrogens is 1. The lowest BCUT2D eigenvalue weighted by Crippen LogP contribution is -2.06. The molecule has 0 saturated carbocycles. The van der Waals surface area contributed by atoms with Gasteiger partial charge in [0, 0.05) is 22.5 Å². The van der Waals surface area contributed by atoms with E-state index < -0.39 is 0 Å². The first-order valence-corrected chi connectivity index (χ1v) is 11.8. The van der Waals surface area contributed by atoms with Crippen LogP contribution in [0.3, 0.4) is 0 Å². The number of ketones is 1. The van der Waals surface area contributed by atoms with Gasteiger partial charge in [-0.3, -0.25) is 4.79 Å². The molecule has 0 amide bonds. The van der Waals surface area contributed by atoms with Crippen LogP contribution < -0.4 is 4.74 Å². The number of para-hydroxylation sites is 2. The molecule has 2 N–H and O–H groups in total. The van der Waals surface area contributed by atoms with Crippen molar-refractivity contribution in [3.8, 4) is 11.6 Å². The van der Waals surface area contributed by atoms with Crippen LogP contribution >= 0.6 is 0 Å². The smallest absolute Gasteiger partial charge is 0.196 e. The molecule has 172 valence electrons. The zero-order valence-electron chi connectivity index (χ0n) is 19.3. The summed E-state index contributed by atoms with van der Waals surface area (Å²) in [5.41, 5.74) is 2.31. The van der Waals surface area contributed by atoms with Crippen LogP contribution in [0.1, 0.15) is 61.4 Å². The Hall–Kier alpha value is -3.53. The molecule has 0 aliphatic heterocycles. The maximum Gasteiger partial charge on any atom is 0.196 e. The third kappa shape index (κ3) is 7.53. The lowest BCUT2D eigenvalue weighted by Gasteiger charge is -2.11. The summed E-state index contributed by atoms with van der Waals surface area (Å²) in [5, 5.41) is 10.0. The van der Waals surface area contributed by atoms with Gasteiger partial charge in [-0.2, -0.15) is 0 Å². The van der Waals surface area contributed by atoms with Crippen molar-refractivity contribution in [2.45, 2.75) is 45.4 Å². The topological polar surface area (TPSA) is 62.3 Å². The molecule has 4 aromatic rings. The van der Waals surface area contributed by atoms with Crippen molar-refractivity contribution >= 4 is 16.7 Å². The molecule has 4 rings (SSSR count). The van der Waals surface area contributed by atoms with Gasteiger partial charge in [-0.05, 0) is 24.6 Å². The number of fused-ring (bicyclic) bond motifs is 1. The van der Waals surface area contributed by atoms with Crippen molar-refractivity contribution in [2.24, 2.45) is 0 Å². The minimum atomic E-state index is 0.0177. The van der Waals surface area contributed by atoms with E-state index in [-0.39, 0.29) is 11.7 Å². The van der Waals surface area contributed by atoms with Crippen molar-refractivity contribution in [1.29, 1.82) is 0 Å². The quantitative estimate of drug-likeness (QED) is 0.197. The van der Waals surface area contributed by atoms with E-state index in [1.165, 1.54) is 32.1 Å². The van der Waals surface area contributed by atoms with E-state index in [9.17, 15) is 4.79 Å². The first kappa shape index (κ1) is 24.1. The summed E-state index contributed by atoms with van der Waals surface area (Å²) >= 11 is 0. The maximum atomic E-state index is 12.6. The molecule has 33 heavy (non-hydrogen) atoms. The molecule has 0 fully saturated rings. The highest BCUT2D eigenvalue weighted by molar-refractivity contribution is 6.10. The molecular weight excluding hydrogens is 410 g/mol. The molecule has 1 aromatic heterocycles. The average molecular weight is 444 g/mol. The average Bonchev–Trinajstić information content (AvgIpc) is 3.24. The zero-order chi connectivity index (χ0) is 23.3. The van der Waals surface area contributed by atoms with Gasteiger partial charge < -0.3 is 14.8 Å². The standard InChI is InChI=1S/C21H26O2.C8H7NO/c1-2-3-4-5-6-12-17-23-20-16-11-10-15-19(20)21(22)18-13-8-7-9-14-18;10-8-5-6-3-1-2-4-7(6)9-8/h7-11,13-16H,2-6,12,17H2,1H3;1-5,9-10H. The molecule has 0 aliphatic rings. The van der Waals surface area contributed by atoms with Crippen LogP contribution in [-0.4, -0.2) is 22.5 Å². The van der Waals surface area contributed by atoms with Crippen LogP contribution in [0.4, 0.5) is 0 Å². The van der Waals surface area contributed by atoms with E-state index in [0.717, 1.165) is 17.3 Å². The SMILES string of the molecule is CCCCCCCCOc1ccccc1C(=O)c1ccccc1.Oc1cc2ccccc2[nH]1. The van der Waals surface area contributed by atoms with Gasteiger partial charge in [-0.15, -0.1) is 0 Å². The molecule has 0 atom stereocenters. The number of benzene rings is 3. The molecule has 0 bridgehead atoms. The second-order valence-corrected chi connectivity index (χ2v) is 8.05. The van der Waals surface area contributed by atoms with Gasteiger partial charge >= 0.3 is 0 Å². The van der Waals surface area contributed by atoms with Gasteiger partial charge in [0.05, 0.1) is 12.2 Å². The second kappa shape index (κ2) is 13.1. The number of carbonyl (C=O) groups excluding carboxylic acids is 1. The Bertz CT molecular complexity index is 1080. The molecule has 0 unspecified atom stereocenters. The third-order valence-corrected chi connectivity index (χ3v) is 5.44. The van der Waals surface area contributed by atoms with Crippen LogP contribution in [0.25, 0.3) is 10.9 Å². The van der Waals surface area contributed by atoms with Gasteiger partial charge in [0.15, 0.2) is 11.7 Å². The number of unbranched alkanes of at least 4 members (excludes halogenated alkanes) is 5. The Labute approximate surface area is 196 Å². The summed E-state index contributed by atoms with van der Waals surface area (Å²) in [6.45, 7) is 2.90. The molecule has 3 aromatic carbocycles. The molecule has 0 spiro atoms. The van der Waals surface area contributed by atoms with Crippen molar-refractivity contribution in [3.63, 3.8) is 0 Å². The van der Waals surface area contributed by atoms with E-state index in [0.29, 0.717) is 23.5 Å². The fourth-order valence-corrected chi connectivity index (χ4v) is 3.65. The van der Waals surface area contributed by atoms with E-state index >= 15 is 0 Å². The van der Waals surface area contributed by atoms with E-state index in [1.807, 2.05) is 78.9 Å². The van der Waals surface area contributed by atoms with Gasteiger partial charge in [0.1, 0.15) is 5.75 Å². The summed E-state index contributed by atoms with van der Waals surface area (Å²) in [4.78, 5) is 15.4. The number of aromatic hydroxyl groups is 1. The van der Waals surface area contributed by atoms with Crippen molar-refractivity contribution in [1.82, 2.24) is 4.98 Å². The van der Waals surface area contributed by atoms with Gasteiger partial charge in [0.25, 0.3) is 0 Å². The highest BCUT2D eigenvalue weighted by atomic mass is 16.5. The zero-order valence-corrected chi connectivity index (χ0v) is 19.3. The highest BCUT2D eigenvalue weighted by Gasteiger charge is 2.13. The highest BCUT2D eigenvalue weighted by Crippen LogP contribution is 2.22. The lowest BCUT2D eigenvalue weighted by molar-refractivity contribution is 0.103. The van der Waals surface area contributed by atoms with Crippen molar-refractivity contribution in [3.05, 3.63) is 96.1 Å². The predicted octanol–water partition coefficient (Wildman–Crippen LogP) is 7.53. The second-order valence-electron chi connectivity index (χ2n) is 8.05. The number of nitrogens with one attached hydrogen (secondary N) is 1. The fourth-order valence-electron chi connectivity index (χ4n) is 3.65. The van der Waals surface area contributed by atoms with Crippen LogP contribution in [0.15, 0.2) is 84.9 Å². The molecule has 0 radical (unpaired) electrons. The number of ether oxygens (including phenoxy) is 1. The first-order valence-electron chi connectivity index (χ1n) is 11.8. The molecular formula is C29H33NO3. The summed E-state index contributed by atoms with van der Waals surface area (Å²) in [6, 6.07) is 26.3. The van der Waals surface area contributed by atoms with E-state index in [2.05, 4.69) is 11.9 Å².